The van der Waals surface area contributed by atoms with E-state index < -0.39 is 5.97 Å². The third-order valence-electron chi connectivity index (χ3n) is 7.04. The Kier molecular flexibility index (Phi) is 10.0. The Hall–Kier alpha value is -2.64. The van der Waals surface area contributed by atoms with Crippen LogP contribution in [0.2, 0.25) is 0 Å². The summed E-state index contributed by atoms with van der Waals surface area (Å²) < 4.78 is 6.03. The number of aromatic nitrogens is 1. The van der Waals surface area contributed by atoms with Crippen LogP contribution in [0.3, 0.4) is 0 Å². The molecule has 38 heavy (non-hydrogen) atoms. The average Bonchev–Trinajstić information content (AvgIpc) is 3.44. The normalized spacial score (nSPS) is 13.5. The first kappa shape index (κ1) is 28.4. The number of carbonyl (C=O) groups is 1. The summed E-state index contributed by atoms with van der Waals surface area (Å²) in [6.45, 7) is 1.19. The van der Waals surface area contributed by atoms with Gasteiger partial charge in [0.2, 0.25) is 0 Å². The van der Waals surface area contributed by atoms with Gasteiger partial charge in [-0.1, -0.05) is 67.8 Å². The number of hydrogen-bond acceptors (Lipinski definition) is 6. The second kappa shape index (κ2) is 13.4. The fourth-order valence-corrected chi connectivity index (χ4v) is 5.67. The van der Waals surface area contributed by atoms with Crippen LogP contribution in [0.4, 0.5) is 5.13 Å². The van der Waals surface area contributed by atoms with Gasteiger partial charge in [0.25, 0.3) is 0 Å². The molecule has 1 fully saturated rings. The van der Waals surface area contributed by atoms with Crippen molar-refractivity contribution in [2.45, 2.75) is 51.2 Å². The maximum absolute atomic E-state index is 10.9. The monoisotopic (exact) mass is 534 g/mol. The van der Waals surface area contributed by atoms with Crippen molar-refractivity contribution in [3.8, 4) is 17.0 Å². The van der Waals surface area contributed by atoms with E-state index in [1.165, 1.54) is 43.2 Å². The van der Waals surface area contributed by atoms with Gasteiger partial charge in [0.15, 0.2) is 5.13 Å². The SMILES string of the molecule is CN(Cc1ccc(C(=O)[O-])cc1)c1nc(-c2ccc(OCc3ccc(C4CCCCC4)cc3)cc2)cs1.[Na+]. The van der Waals surface area contributed by atoms with Crippen molar-refractivity contribution < 1.29 is 44.2 Å². The topological polar surface area (TPSA) is 65.5 Å². The summed E-state index contributed by atoms with van der Waals surface area (Å²) in [4.78, 5) is 17.8. The number of benzene rings is 3. The summed E-state index contributed by atoms with van der Waals surface area (Å²) in [6, 6.07) is 23.8. The first-order chi connectivity index (χ1) is 18.0. The number of thiazole rings is 1. The minimum absolute atomic E-state index is 0. The van der Waals surface area contributed by atoms with Crippen molar-refractivity contribution in [2.75, 3.05) is 11.9 Å². The molecule has 0 N–H and O–H groups in total. The second-order valence-corrected chi connectivity index (χ2v) is 10.6. The number of aromatic carboxylic acids is 1. The molecule has 1 heterocycles. The van der Waals surface area contributed by atoms with E-state index in [2.05, 4.69) is 34.5 Å². The van der Waals surface area contributed by atoms with Gasteiger partial charge in [-0.05, 0) is 65.3 Å². The fraction of sp³-hybridized carbons (Fsp3) is 0.290. The summed E-state index contributed by atoms with van der Waals surface area (Å²) in [5.74, 6) is 0.405. The van der Waals surface area contributed by atoms with E-state index in [9.17, 15) is 9.90 Å². The van der Waals surface area contributed by atoms with Gasteiger partial charge in [-0.25, -0.2) is 4.98 Å². The molecule has 7 heteroatoms. The Bertz CT molecular complexity index is 1310. The van der Waals surface area contributed by atoms with Crippen molar-refractivity contribution in [2.24, 2.45) is 0 Å². The first-order valence-electron chi connectivity index (χ1n) is 12.8. The van der Waals surface area contributed by atoms with Gasteiger partial charge < -0.3 is 19.5 Å². The fourth-order valence-electron chi connectivity index (χ4n) is 4.87. The third-order valence-corrected chi connectivity index (χ3v) is 7.99. The molecule has 3 aromatic carbocycles. The number of hydrogen-bond donors (Lipinski definition) is 0. The Labute approximate surface area is 250 Å². The van der Waals surface area contributed by atoms with E-state index in [-0.39, 0.29) is 35.1 Å². The molecule has 5 nitrogen and oxygen atoms in total. The molecular formula is C31H31N2NaO3S. The molecule has 0 amide bonds. The van der Waals surface area contributed by atoms with Crippen LogP contribution in [-0.4, -0.2) is 18.0 Å². The predicted molar refractivity (Wildman–Crippen MR) is 147 cm³/mol. The molecule has 1 aliphatic carbocycles. The van der Waals surface area contributed by atoms with Crippen LogP contribution in [-0.2, 0) is 13.2 Å². The quantitative estimate of drug-likeness (QED) is 0.308. The summed E-state index contributed by atoms with van der Waals surface area (Å²) in [5, 5.41) is 13.9. The van der Waals surface area contributed by atoms with E-state index in [0.717, 1.165) is 33.6 Å². The van der Waals surface area contributed by atoms with Crippen LogP contribution in [0.25, 0.3) is 11.3 Å². The summed E-state index contributed by atoms with van der Waals surface area (Å²) >= 11 is 1.58. The van der Waals surface area contributed by atoms with Gasteiger partial charge in [0.05, 0.1) is 11.7 Å². The number of nitrogens with zero attached hydrogens (tertiary/aromatic N) is 2. The Morgan fingerprint density at radius 1 is 0.947 bits per heavy atom. The number of carboxylic acid groups (broad SMARTS) is 1. The molecule has 0 atom stereocenters. The minimum atomic E-state index is -1.16. The van der Waals surface area contributed by atoms with Crippen LogP contribution < -0.4 is 44.3 Å². The van der Waals surface area contributed by atoms with Crippen molar-refractivity contribution in [1.82, 2.24) is 4.98 Å². The molecule has 1 aromatic heterocycles. The number of ether oxygens (including phenoxy) is 1. The maximum Gasteiger partial charge on any atom is 1.00 e. The van der Waals surface area contributed by atoms with E-state index >= 15 is 0 Å². The van der Waals surface area contributed by atoms with Crippen LogP contribution in [0.1, 0.15) is 65.1 Å². The average molecular weight is 535 g/mol. The van der Waals surface area contributed by atoms with Gasteiger partial charge >= 0.3 is 29.6 Å². The zero-order chi connectivity index (χ0) is 25.6. The van der Waals surface area contributed by atoms with Gasteiger partial charge in [-0.2, -0.15) is 0 Å². The number of carbonyl (C=O) groups excluding carboxylic acids is 1. The summed E-state index contributed by atoms with van der Waals surface area (Å²) in [6.07, 6.45) is 6.73. The molecule has 1 saturated carbocycles. The van der Waals surface area contributed by atoms with Crippen LogP contribution in [0, 0.1) is 0 Å². The summed E-state index contributed by atoms with van der Waals surface area (Å²) in [7, 11) is 1.98. The Balaban J connectivity index is 0.00000336. The van der Waals surface area contributed by atoms with Crippen LogP contribution >= 0.6 is 11.3 Å². The smallest absolute Gasteiger partial charge is 0.545 e. The minimum Gasteiger partial charge on any atom is -0.545 e. The molecule has 0 unspecified atom stereocenters. The maximum atomic E-state index is 10.9. The van der Waals surface area contributed by atoms with Gasteiger partial charge in [0.1, 0.15) is 12.4 Å². The van der Waals surface area contributed by atoms with Crippen molar-refractivity contribution in [3.05, 3.63) is 100 Å². The Morgan fingerprint density at radius 2 is 1.61 bits per heavy atom. The molecule has 1 aliphatic rings. The first-order valence-corrected chi connectivity index (χ1v) is 13.7. The second-order valence-electron chi connectivity index (χ2n) is 9.75. The standard InChI is InChI=1S/C31H32N2O3S.Na/c1-33(19-22-7-13-27(14-8-22)30(34)35)31-32-29(21-37-31)26-15-17-28(18-16-26)36-20-23-9-11-25(12-10-23)24-5-3-2-4-6-24;/h7-18,21,24H,2-6,19-20H2,1H3,(H,34,35);/q;+1/p-1. The van der Waals surface area contributed by atoms with E-state index in [1.807, 2.05) is 31.3 Å². The molecule has 0 radical (unpaired) electrons. The summed E-state index contributed by atoms with van der Waals surface area (Å²) in [5.41, 5.74) is 5.81. The van der Waals surface area contributed by atoms with E-state index in [0.29, 0.717) is 13.2 Å². The number of carboxylic acids is 1. The van der Waals surface area contributed by atoms with Gasteiger partial charge in [-0.15, -0.1) is 11.3 Å². The predicted octanol–water partition coefficient (Wildman–Crippen LogP) is 3.44. The number of rotatable bonds is 9. The largest absolute Gasteiger partial charge is 1.00 e. The van der Waals surface area contributed by atoms with Gasteiger partial charge in [-0.3, -0.25) is 0 Å². The molecule has 0 spiro atoms. The van der Waals surface area contributed by atoms with E-state index in [1.54, 1.807) is 35.6 Å². The molecule has 190 valence electrons. The molecule has 0 bridgehead atoms. The van der Waals surface area contributed by atoms with Crippen molar-refractivity contribution in [1.29, 1.82) is 0 Å². The van der Waals surface area contributed by atoms with Crippen molar-refractivity contribution in [3.63, 3.8) is 0 Å². The molecule has 0 aliphatic heterocycles. The van der Waals surface area contributed by atoms with Crippen LogP contribution in [0.15, 0.2) is 78.2 Å². The molecule has 4 aromatic rings. The van der Waals surface area contributed by atoms with Crippen LogP contribution in [0.5, 0.6) is 5.75 Å². The van der Waals surface area contributed by atoms with Gasteiger partial charge in [0, 0.05) is 24.5 Å². The van der Waals surface area contributed by atoms with Crippen molar-refractivity contribution >= 4 is 22.4 Å². The molecule has 0 saturated heterocycles. The third kappa shape index (κ3) is 7.26. The molecular weight excluding hydrogens is 503 g/mol. The zero-order valence-corrected chi connectivity index (χ0v) is 24.9. The number of anilines is 1. The Morgan fingerprint density at radius 3 is 2.26 bits per heavy atom. The zero-order valence-electron chi connectivity index (χ0n) is 22.1. The van der Waals surface area contributed by atoms with E-state index in [4.69, 9.17) is 9.72 Å². The molecule has 5 rings (SSSR count).